The molecule has 0 radical (unpaired) electrons. The van der Waals surface area contributed by atoms with E-state index < -0.39 is 11.3 Å². The average Bonchev–Trinajstić information content (AvgIpc) is 2.36. The molecule has 0 atom stereocenters. The fraction of sp³-hybridized carbons (Fsp3) is 0.294. The lowest BCUT2D eigenvalue weighted by molar-refractivity contribution is -0.127. The molecule has 0 aromatic heterocycles. The van der Waals surface area contributed by atoms with Crippen molar-refractivity contribution >= 4 is 0 Å². The van der Waals surface area contributed by atoms with Crippen LogP contribution >= 0.6 is 0 Å². The van der Waals surface area contributed by atoms with Crippen molar-refractivity contribution in [3.63, 3.8) is 0 Å². The topological polar surface area (TPSA) is 40.5 Å². The summed E-state index contributed by atoms with van der Waals surface area (Å²) in [6.07, 6.45) is 0.0693. The zero-order valence-electron chi connectivity index (χ0n) is 11.2. The van der Waals surface area contributed by atoms with Crippen molar-refractivity contribution in [2.24, 2.45) is 0 Å². The van der Waals surface area contributed by atoms with Gasteiger partial charge in [-0.2, -0.15) is 0 Å². The minimum absolute atomic E-state index is 0.102. The molecular weight excluding hydrogens is 274 g/mol. The van der Waals surface area contributed by atoms with Gasteiger partial charge in [0.25, 0.3) is 0 Å². The Morgan fingerprint density at radius 2 is 1.48 bits per heavy atom. The standard InChI is InChI=1S/C17H14F2O2/c18-17(19)8-16(9-17)7-10-5-11(20)1-3-13(10)14-4-2-12(21)6-15(14)16/h1-6,20-21H,7-9H2. The molecular formula is C17H14F2O2. The first-order chi connectivity index (χ1) is 9.89. The molecule has 4 heteroatoms. The normalized spacial score (nSPS) is 20.5. The summed E-state index contributed by atoms with van der Waals surface area (Å²) in [5.74, 6) is -2.39. The van der Waals surface area contributed by atoms with Gasteiger partial charge in [0, 0.05) is 18.3 Å². The molecule has 2 N–H and O–H groups in total. The van der Waals surface area contributed by atoms with Gasteiger partial charge in [-0.05, 0) is 52.9 Å². The highest BCUT2D eigenvalue weighted by molar-refractivity contribution is 5.77. The molecule has 0 unspecified atom stereocenters. The number of phenolic OH excluding ortho intramolecular Hbond substituents is 2. The summed E-state index contributed by atoms with van der Waals surface area (Å²) in [4.78, 5) is 0. The molecule has 2 nitrogen and oxygen atoms in total. The van der Waals surface area contributed by atoms with Crippen LogP contribution in [0.25, 0.3) is 11.1 Å². The molecule has 1 spiro atoms. The molecule has 0 heterocycles. The van der Waals surface area contributed by atoms with Crippen molar-refractivity contribution in [1.29, 1.82) is 0 Å². The summed E-state index contributed by atoms with van der Waals surface area (Å²) in [6, 6.07) is 10.0. The molecule has 2 aliphatic carbocycles. The molecule has 1 fully saturated rings. The summed E-state index contributed by atoms with van der Waals surface area (Å²) < 4.78 is 27.0. The van der Waals surface area contributed by atoms with E-state index in [1.54, 1.807) is 30.3 Å². The quantitative estimate of drug-likeness (QED) is 0.769. The highest BCUT2D eigenvalue weighted by atomic mass is 19.3. The Labute approximate surface area is 120 Å². The van der Waals surface area contributed by atoms with Crippen LogP contribution in [0.2, 0.25) is 0 Å². The van der Waals surface area contributed by atoms with Crippen molar-refractivity contribution in [3.8, 4) is 22.6 Å². The Morgan fingerprint density at radius 1 is 0.857 bits per heavy atom. The molecule has 2 aromatic rings. The van der Waals surface area contributed by atoms with Gasteiger partial charge in [-0.1, -0.05) is 12.1 Å². The van der Waals surface area contributed by atoms with Gasteiger partial charge in [0.2, 0.25) is 5.92 Å². The van der Waals surface area contributed by atoms with Crippen molar-refractivity contribution in [2.45, 2.75) is 30.6 Å². The first kappa shape index (κ1) is 12.6. The molecule has 0 aliphatic heterocycles. The van der Waals surface area contributed by atoms with Crippen LogP contribution in [0.1, 0.15) is 24.0 Å². The lowest BCUT2D eigenvalue weighted by Gasteiger charge is -2.51. The van der Waals surface area contributed by atoms with Crippen LogP contribution in [-0.4, -0.2) is 16.1 Å². The van der Waals surface area contributed by atoms with E-state index >= 15 is 0 Å². The van der Waals surface area contributed by atoms with Crippen molar-refractivity contribution < 1.29 is 19.0 Å². The second kappa shape index (κ2) is 3.75. The highest BCUT2D eigenvalue weighted by Gasteiger charge is 2.59. The van der Waals surface area contributed by atoms with Crippen LogP contribution < -0.4 is 0 Å². The number of aromatic hydroxyl groups is 2. The molecule has 2 aliphatic rings. The Balaban J connectivity index is 1.94. The summed E-state index contributed by atoms with van der Waals surface area (Å²) >= 11 is 0. The van der Waals surface area contributed by atoms with Crippen molar-refractivity contribution in [1.82, 2.24) is 0 Å². The van der Waals surface area contributed by atoms with Gasteiger partial charge in [-0.25, -0.2) is 8.78 Å². The maximum absolute atomic E-state index is 13.5. The Kier molecular flexibility index (Phi) is 2.26. The van der Waals surface area contributed by atoms with Gasteiger partial charge in [0.05, 0.1) is 0 Å². The predicted molar refractivity (Wildman–Crippen MR) is 74.8 cm³/mol. The smallest absolute Gasteiger partial charge is 0.249 e. The molecule has 0 amide bonds. The number of fused-ring (bicyclic) bond motifs is 4. The van der Waals surface area contributed by atoms with Gasteiger partial charge < -0.3 is 10.2 Å². The van der Waals surface area contributed by atoms with E-state index in [1.807, 2.05) is 6.07 Å². The van der Waals surface area contributed by atoms with Crippen LogP contribution in [0.5, 0.6) is 11.5 Å². The predicted octanol–water partition coefficient (Wildman–Crippen LogP) is 3.99. The van der Waals surface area contributed by atoms with E-state index in [-0.39, 0.29) is 24.3 Å². The number of hydrogen-bond acceptors (Lipinski definition) is 2. The molecule has 0 bridgehead atoms. The first-order valence-electron chi connectivity index (χ1n) is 6.92. The van der Waals surface area contributed by atoms with Crippen LogP contribution in [0.15, 0.2) is 36.4 Å². The third kappa shape index (κ3) is 1.75. The van der Waals surface area contributed by atoms with Crippen LogP contribution in [0.4, 0.5) is 8.78 Å². The molecule has 21 heavy (non-hydrogen) atoms. The summed E-state index contributed by atoms with van der Waals surface area (Å²) in [5.41, 5.74) is 2.89. The number of rotatable bonds is 0. The fourth-order valence-electron chi connectivity index (χ4n) is 3.91. The highest BCUT2D eigenvalue weighted by Crippen LogP contribution is 2.60. The number of hydrogen-bond donors (Lipinski definition) is 2. The lowest BCUT2D eigenvalue weighted by Crippen LogP contribution is -2.52. The molecule has 2 aromatic carbocycles. The van der Waals surface area contributed by atoms with E-state index in [9.17, 15) is 19.0 Å². The van der Waals surface area contributed by atoms with Crippen molar-refractivity contribution in [2.75, 3.05) is 0 Å². The maximum Gasteiger partial charge on any atom is 0.249 e. The number of halogens is 2. The summed E-state index contributed by atoms with van der Waals surface area (Å²) in [6.45, 7) is 0. The maximum atomic E-state index is 13.5. The van der Waals surface area contributed by atoms with Gasteiger partial charge >= 0.3 is 0 Å². The Bertz CT molecular complexity index is 744. The van der Waals surface area contributed by atoms with Crippen LogP contribution in [0.3, 0.4) is 0 Å². The minimum atomic E-state index is -2.64. The molecule has 4 rings (SSSR count). The number of benzene rings is 2. The summed E-state index contributed by atoms with van der Waals surface area (Å²) in [5, 5.41) is 19.4. The largest absolute Gasteiger partial charge is 0.508 e. The van der Waals surface area contributed by atoms with Crippen LogP contribution in [-0.2, 0) is 11.8 Å². The summed E-state index contributed by atoms with van der Waals surface area (Å²) in [7, 11) is 0. The van der Waals surface area contributed by atoms with Gasteiger partial charge in [0.1, 0.15) is 11.5 Å². The Hall–Kier alpha value is -2.10. The lowest BCUT2D eigenvalue weighted by atomic mass is 9.55. The third-order valence-electron chi connectivity index (χ3n) is 4.68. The second-order valence-corrected chi connectivity index (χ2v) is 6.24. The van der Waals surface area contributed by atoms with E-state index in [1.165, 1.54) is 0 Å². The Morgan fingerprint density at radius 3 is 2.14 bits per heavy atom. The monoisotopic (exact) mass is 288 g/mol. The van der Waals surface area contributed by atoms with Crippen molar-refractivity contribution in [3.05, 3.63) is 47.5 Å². The van der Waals surface area contributed by atoms with E-state index in [4.69, 9.17) is 0 Å². The SMILES string of the molecule is Oc1ccc2c(c1)CC1(CC(F)(F)C1)c1cc(O)ccc1-2. The van der Waals surface area contributed by atoms with Gasteiger partial charge in [-0.3, -0.25) is 0 Å². The average molecular weight is 288 g/mol. The third-order valence-corrected chi connectivity index (χ3v) is 4.68. The van der Waals surface area contributed by atoms with E-state index in [2.05, 4.69) is 0 Å². The number of alkyl halides is 2. The first-order valence-corrected chi connectivity index (χ1v) is 6.92. The van der Waals surface area contributed by atoms with Gasteiger partial charge in [-0.15, -0.1) is 0 Å². The molecule has 1 saturated carbocycles. The van der Waals surface area contributed by atoms with E-state index in [0.29, 0.717) is 6.42 Å². The minimum Gasteiger partial charge on any atom is -0.508 e. The number of phenols is 2. The zero-order valence-corrected chi connectivity index (χ0v) is 11.2. The van der Waals surface area contributed by atoms with Crippen LogP contribution in [0, 0.1) is 0 Å². The second-order valence-electron chi connectivity index (χ2n) is 6.24. The molecule has 0 saturated heterocycles. The van der Waals surface area contributed by atoms with Gasteiger partial charge in [0.15, 0.2) is 0 Å². The molecule has 108 valence electrons. The van der Waals surface area contributed by atoms with E-state index in [0.717, 1.165) is 22.3 Å². The fourth-order valence-corrected chi connectivity index (χ4v) is 3.91. The zero-order chi connectivity index (χ0) is 14.8.